The molecule has 0 aromatic rings. The molecule has 0 aromatic carbocycles. The van der Waals surface area contributed by atoms with Crippen molar-refractivity contribution in [3.63, 3.8) is 0 Å². The molecule has 1 nitrogen and oxygen atoms in total. The van der Waals surface area contributed by atoms with E-state index in [2.05, 4.69) is 45.1 Å². The molecule has 0 fully saturated rings. The van der Waals surface area contributed by atoms with E-state index in [4.69, 9.17) is 0 Å². The van der Waals surface area contributed by atoms with Crippen molar-refractivity contribution in [1.29, 1.82) is 0 Å². The zero-order chi connectivity index (χ0) is 12.0. The second-order valence-corrected chi connectivity index (χ2v) is 5.29. The maximum Gasteiger partial charge on any atom is 0.146 e. The van der Waals surface area contributed by atoms with E-state index in [1.807, 2.05) is 0 Å². The molecule has 88 valence electrons. The second-order valence-electron chi connectivity index (χ2n) is 5.29. The summed E-state index contributed by atoms with van der Waals surface area (Å²) in [5.74, 6) is 0. The summed E-state index contributed by atoms with van der Waals surface area (Å²) in [5.41, 5.74) is 2.52. The minimum Gasteiger partial charge on any atom is -0.298 e. The van der Waals surface area contributed by atoms with Gasteiger partial charge in [0.15, 0.2) is 0 Å². The molecule has 0 saturated carbocycles. The summed E-state index contributed by atoms with van der Waals surface area (Å²) in [6.07, 6.45) is 13.6. The van der Waals surface area contributed by atoms with Crippen molar-refractivity contribution in [2.24, 2.45) is 5.41 Å². The molecule has 0 atom stereocenters. The van der Waals surface area contributed by atoms with Gasteiger partial charge in [0.25, 0.3) is 0 Å². The second kappa shape index (κ2) is 5.83. The number of hydrogen-bond donors (Lipinski definition) is 0. The Morgan fingerprint density at radius 2 is 2.06 bits per heavy atom. The van der Waals surface area contributed by atoms with Crippen LogP contribution in [0.4, 0.5) is 0 Å². The molecule has 1 aliphatic carbocycles. The molecule has 0 radical (unpaired) electrons. The standard InChI is InChI=1S/C15H22O/c1-13-6-4-7-14(12-16)8-5-10-15(2,3)11-9-13/h5,7,9-10,12H,4,6,8,11H2,1-3H3/b10-5+,13-9+,14-7-. The molecule has 0 bridgehead atoms. The molecule has 0 amide bonds. The van der Waals surface area contributed by atoms with Crippen molar-refractivity contribution in [1.82, 2.24) is 0 Å². The molecule has 0 aliphatic heterocycles. The molecule has 1 heteroatoms. The van der Waals surface area contributed by atoms with Crippen molar-refractivity contribution >= 4 is 6.29 Å². The Labute approximate surface area is 98.9 Å². The fourth-order valence-corrected chi connectivity index (χ4v) is 1.79. The van der Waals surface area contributed by atoms with Crippen LogP contribution in [-0.2, 0) is 4.79 Å². The number of aldehydes is 1. The monoisotopic (exact) mass is 218 g/mol. The lowest BCUT2D eigenvalue weighted by atomic mass is 9.87. The summed E-state index contributed by atoms with van der Waals surface area (Å²) in [6, 6.07) is 0. The zero-order valence-electron chi connectivity index (χ0n) is 10.6. The van der Waals surface area contributed by atoms with Gasteiger partial charge in [-0.2, -0.15) is 0 Å². The lowest BCUT2D eigenvalue weighted by molar-refractivity contribution is -0.105. The third kappa shape index (κ3) is 4.61. The van der Waals surface area contributed by atoms with Gasteiger partial charge >= 0.3 is 0 Å². The molecule has 1 aliphatic rings. The Morgan fingerprint density at radius 1 is 1.31 bits per heavy atom. The van der Waals surface area contributed by atoms with Gasteiger partial charge in [-0.15, -0.1) is 0 Å². The van der Waals surface area contributed by atoms with Gasteiger partial charge in [-0.25, -0.2) is 0 Å². The number of allylic oxidation sites excluding steroid dienone is 6. The average molecular weight is 218 g/mol. The molecule has 1 rings (SSSR count). The van der Waals surface area contributed by atoms with E-state index in [1.165, 1.54) is 5.57 Å². The van der Waals surface area contributed by atoms with E-state index in [9.17, 15) is 4.79 Å². The molecule has 0 N–H and O–H groups in total. The first kappa shape index (κ1) is 13.0. The van der Waals surface area contributed by atoms with Gasteiger partial charge in [0, 0.05) is 0 Å². The molecular formula is C15H22O. The summed E-state index contributed by atoms with van der Waals surface area (Å²) in [4.78, 5) is 10.8. The first-order valence-electron chi connectivity index (χ1n) is 6.01. The Hall–Kier alpha value is -1.11. The highest BCUT2D eigenvalue weighted by Crippen LogP contribution is 2.25. The predicted octanol–water partition coefficient (Wildman–Crippen LogP) is 4.21. The fourth-order valence-electron chi connectivity index (χ4n) is 1.79. The fraction of sp³-hybridized carbons (Fsp3) is 0.533. The van der Waals surface area contributed by atoms with Crippen LogP contribution in [0.3, 0.4) is 0 Å². The number of carbonyl (C=O) groups excluding carboxylic acids is 1. The summed E-state index contributed by atoms with van der Waals surface area (Å²) in [7, 11) is 0. The number of carbonyl (C=O) groups is 1. The van der Waals surface area contributed by atoms with E-state index in [1.54, 1.807) is 0 Å². The van der Waals surface area contributed by atoms with Gasteiger partial charge in [0.05, 0.1) is 0 Å². The minimum atomic E-state index is 0.194. The maximum absolute atomic E-state index is 10.8. The molecule has 16 heavy (non-hydrogen) atoms. The Bertz CT molecular complexity index is 329. The summed E-state index contributed by atoms with van der Waals surface area (Å²) >= 11 is 0. The van der Waals surface area contributed by atoms with Crippen LogP contribution in [0.1, 0.15) is 46.5 Å². The third-order valence-corrected chi connectivity index (χ3v) is 3.00. The van der Waals surface area contributed by atoms with Gasteiger partial charge in [-0.3, -0.25) is 4.79 Å². The van der Waals surface area contributed by atoms with Crippen molar-refractivity contribution < 1.29 is 4.79 Å². The summed E-state index contributed by atoms with van der Waals surface area (Å²) in [6.45, 7) is 6.64. The minimum absolute atomic E-state index is 0.194. The number of hydrogen-bond acceptors (Lipinski definition) is 1. The first-order chi connectivity index (χ1) is 7.53. The van der Waals surface area contributed by atoms with Crippen LogP contribution in [0.15, 0.2) is 35.5 Å². The van der Waals surface area contributed by atoms with Gasteiger partial charge in [-0.05, 0) is 43.6 Å². The maximum atomic E-state index is 10.8. The zero-order valence-corrected chi connectivity index (χ0v) is 10.6. The molecule has 0 heterocycles. The van der Waals surface area contributed by atoms with Crippen LogP contribution >= 0.6 is 0 Å². The van der Waals surface area contributed by atoms with Crippen molar-refractivity contribution in [2.75, 3.05) is 0 Å². The Kier molecular flexibility index (Phi) is 4.72. The quantitative estimate of drug-likeness (QED) is 0.476. The summed E-state index contributed by atoms with van der Waals surface area (Å²) in [5, 5.41) is 0. The van der Waals surface area contributed by atoms with Crippen LogP contribution in [-0.4, -0.2) is 6.29 Å². The van der Waals surface area contributed by atoms with E-state index in [0.29, 0.717) is 0 Å². The average Bonchev–Trinajstić information content (AvgIpc) is 2.26. The van der Waals surface area contributed by atoms with Crippen molar-refractivity contribution in [3.8, 4) is 0 Å². The van der Waals surface area contributed by atoms with Crippen LogP contribution in [0, 0.1) is 5.41 Å². The topological polar surface area (TPSA) is 17.1 Å². The van der Waals surface area contributed by atoms with E-state index >= 15 is 0 Å². The van der Waals surface area contributed by atoms with Gasteiger partial charge in [0.2, 0.25) is 0 Å². The highest BCUT2D eigenvalue weighted by atomic mass is 16.1. The van der Waals surface area contributed by atoms with Gasteiger partial charge in [0.1, 0.15) is 6.29 Å². The molecule has 0 unspecified atom stereocenters. The summed E-state index contributed by atoms with van der Waals surface area (Å²) < 4.78 is 0. The van der Waals surface area contributed by atoms with Crippen molar-refractivity contribution in [2.45, 2.75) is 46.5 Å². The van der Waals surface area contributed by atoms with E-state index < -0.39 is 0 Å². The molecule has 0 saturated heterocycles. The lowest BCUT2D eigenvalue weighted by Crippen LogP contribution is -2.05. The van der Waals surface area contributed by atoms with Gasteiger partial charge < -0.3 is 0 Å². The first-order valence-corrected chi connectivity index (χ1v) is 6.01. The van der Waals surface area contributed by atoms with Crippen LogP contribution in [0.25, 0.3) is 0 Å². The SMILES string of the molecule is C/C1=C\CC(C)(C)/C=C/C/C(C=O)=C/CC1. The normalized spacial score (nSPS) is 30.2. The Morgan fingerprint density at radius 3 is 2.75 bits per heavy atom. The third-order valence-electron chi connectivity index (χ3n) is 3.00. The van der Waals surface area contributed by atoms with Crippen LogP contribution < -0.4 is 0 Å². The van der Waals surface area contributed by atoms with Crippen LogP contribution in [0.5, 0.6) is 0 Å². The molecule has 0 spiro atoms. The number of rotatable bonds is 1. The van der Waals surface area contributed by atoms with Gasteiger partial charge in [-0.1, -0.05) is 43.7 Å². The highest BCUT2D eigenvalue weighted by Gasteiger charge is 2.12. The molecular weight excluding hydrogens is 196 g/mol. The Balaban J connectivity index is 2.85. The van der Waals surface area contributed by atoms with E-state index in [0.717, 1.165) is 37.5 Å². The van der Waals surface area contributed by atoms with Crippen molar-refractivity contribution in [3.05, 3.63) is 35.5 Å². The highest BCUT2D eigenvalue weighted by molar-refractivity contribution is 5.73. The predicted molar refractivity (Wildman–Crippen MR) is 69.3 cm³/mol. The van der Waals surface area contributed by atoms with E-state index in [-0.39, 0.29) is 5.41 Å². The van der Waals surface area contributed by atoms with Crippen LogP contribution in [0.2, 0.25) is 0 Å². The largest absolute Gasteiger partial charge is 0.298 e. The smallest absolute Gasteiger partial charge is 0.146 e. The molecule has 0 aromatic heterocycles. The lowest BCUT2D eigenvalue weighted by Gasteiger charge is -2.18.